The minimum Gasteiger partial charge on any atom is -0.329 e. The Kier molecular flexibility index (Phi) is 3.21. The van der Waals surface area contributed by atoms with Crippen LogP contribution in [-0.4, -0.2) is 9.55 Å². The van der Waals surface area contributed by atoms with E-state index in [0.717, 1.165) is 6.04 Å². The van der Waals surface area contributed by atoms with Crippen molar-refractivity contribution in [2.75, 3.05) is 0 Å². The molecule has 0 radical (unpaired) electrons. The molecule has 0 spiro atoms. The molecule has 17 heavy (non-hydrogen) atoms. The van der Waals surface area contributed by atoms with Gasteiger partial charge in [0.15, 0.2) is 0 Å². The zero-order chi connectivity index (χ0) is 11.7. The van der Waals surface area contributed by atoms with Crippen molar-refractivity contribution >= 4 is 0 Å². The van der Waals surface area contributed by atoms with Crippen molar-refractivity contribution in [2.45, 2.75) is 77.2 Å². The molecule has 0 atom stereocenters. The summed E-state index contributed by atoms with van der Waals surface area (Å²) in [4.78, 5) is 4.82. The van der Waals surface area contributed by atoms with Crippen LogP contribution in [0.1, 0.15) is 74.6 Å². The molecule has 0 aliphatic heterocycles. The molecule has 2 aliphatic carbocycles. The predicted octanol–water partition coefficient (Wildman–Crippen LogP) is 3.97. The number of hydrogen-bond acceptors (Lipinski definition) is 1. The Bertz CT molecular complexity index is 384. The summed E-state index contributed by atoms with van der Waals surface area (Å²) in [5.74, 6) is 1.28. The summed E-state index contributed by atoms with van der Waals surface area (Å²) in [6.07, 6.45) is 13.7. The van der Waals surface area contributed by atoms with Gasteiger partial charge < -0.3 is 4.57 Å². The van der Waals surface area contributed by atoms with E-state index in [4.69, 9.17) is 4.98 Å². The molecule has 1 fully saturated rings. The SMILES string of the molecule is Cc1nc2c(n1C1CCCCCC1)CCCC2. The van der Waals surface area contributed by atoms with Gasteiger partial charge in [-0.15, -0.1) is 0 Å². The average molecular weight is 232 g/mol. The van der Waals surface area contributed by atoms with Crippen LogP contribution in [0.25, 0.3) is 0 Å². The van der Waals surface area contributed by atoms with Gasteiger partial charge in [-0.3, -0.25) is 0 Å². The number of rotatable bonds is 1. The lowest BCUT2D eigenvalue weighted by Crippen LogP contribution is -2.15. The topological polar surface area (TPSA) is 17.8 Å². The van der Waals surface area contributed by atoms with Crippen molar-refractivity contribution in [1.29, 1.82) is 0 Å². The Morgan fingerprint density at radius 2 is 1.65 bits per heavy atom. The van der Waals surface area contributed by atoms with E-state index in [2.05, 4.69) is 11.5 Å². The standard InChI is InChI=1S/C15H24N2/c1-12-16-14-10-6-7-11-15(14)17(12)13-8-4-2-3-5-9-13/h13H,2-11H2,1H3. The van der Waals surface area contributed by atoms with Gasteiger partial charge in [-0.2, -0.15) is 0 Å². The third-order valence-electron chi connectivity index (χ3n) is 4.54. The van der Waals surface area contributed by atoms with Crippen LogP contribution >= 0.6 is 0 Å². The van der Waals surface area contributed by atoms with E-state index in [1.54, 1.807) is 5.69 Å². The van der Waals surface area contributed by atoms with Crippen molar-refractivity contribution in [1.82, 2.24) is 9.55 Å². The van der Waals surface area contributed by atoms with Gasteiger partial charge in [0.2, 0.25) is 0 Å². The number of aryl methyl sites for hydroxylation is 2. The zero-order valence-corrected chi connectivity index (χ0v) is 11.0. The quantitative estimate of drug-likeness (QED) is 0.670. The lowest BCUT2D eigenvalue weighted by Gasteiger charge is -2.22. The van der Waals surface area contributed by atoms with Crippen molar-refractivity contribution in [2.24, 2.45) is 0 Å². The van der Waals surface area contributed by atoms with Crippen LogP contribution in [0.15, 0.2) is 0 Å². The van der Waals surface area contributed by atoms with Crippen molar-refractivity contribution in [3.8, 4) is 0 Å². The molecule has 0 bridgehead atoms. The Morgan fingerprint density at radius 1 is 0.941 bits per heavy atom. The van der Waals surface area contributed by atoms with Crippen LogP contribution in [0.3, 0.4) is 0 Å². The van der Waals surface area contributed by atoms with E-state index in [9.17, 15) is 0 Å². The molecule has 2 aliphatic rings. The second kappa shape index (κ2) is 4.83. The summed E-state index contributed by atoms with van der Waals surface area (Å²) in [7, 11) is 0. The summed E-state index contributed by atoms with van der Waals surface area (Å²) >= 11 is 0. The van der Waals surface area contributed by atoms with Gasteiger partial charge in [-0.25, -0.2) is 4.98 Å². The molecule has 3 rings (SSSR count). The first-order chi connectivity index (χ1) is 8.36. The summed E-state index contributed by atoms with van der Waals surface area (Å²) in [6, 6.07) is 0.756. The average Bonchev–Trinajstić information content (AvgIpc) is 2.53. The van der Waals surface area contributed by atoms with Gasteiger partial charge in [0.25, 0.3) is 0 Å². The second-order valence-corrected chi connectivity index (χ2v) is 5.77. The van der Waals surface area contributed by atoms with Crippen molar-refractivity contribution < 1.29 is 0 Å². The summed E-state index contributed by atoms with van der Waals surface area (Å²) in [6.45, 7) is 2.21. The summed E-state index contributed by atoms with van der Waals surface area (Å²) < 4.78 is 2.61. The molecule has 1 aromatic heterocycles. The molecular weight excluding hydrogens is 208 g/mol. The molecule has 94 valence electrons. The monoisotopic (exact) mass is 232 g/mol. The van der Waals surface area contributed by atoms with Crippen molar-refractivity contribution in [3.05, 3.63) is 17.2 Å². The molecule has 0 aromatic carbocycles. The van der Waals surface area contributed by atoms with E-state index in [1.807, 2.05) is 0 Å². The fourth-order valence-corrected chi connectivity index (χ4v) is 3.70. The molecule has 1 aromatic rings. The fraction of sp³-hybridized carbons (Fsp3) is 0.800. The first-order valence-electron chi connectivity index (χ1n) is 7.43. The van der Waals surface area contributed by atoms with E-state index >= 15 is 0 Å². The second-order valence-electron chi connectivity index (χ2n) is 5.77. The number of imidazole rings is 1. The molecule has 0 unspecified atom stereocenters. The van der Waals surface area contributed by atoms with Crippen LogP contribution in [0.4, 0.5) is 0 Å². The highest BCUT2D eigenvalue weighted by Gasteiger charge is 2.23. The van der Waals surface area contributed by atoms with Crippen LogP contribution in [-0.2, 0) is 12.8 Å². The third-order valence-corrected chi connectivity index (χ3v) is 4.54. The number of nitrogens with zero attached hydrogens (tertiary/aromatic N) is 2. The van der Waals surface area contributed by atoms with Gasteiger partial charge >= 0.3 is 0 Å². The maximum absolute atomic E-state index is 4.82. The van der Waals surface area contributed by atoms with Crippen molar-refractivity contribution in [3.63, 3.8) is 0 Å². The van der Waals surface area contributed by atoms with Gasteiger partial charge in [-0.1, -0.05) is 25.7 Å². The predicted molar refractivity (Wildman–Crippen MR) is 70.3 cm³/mol. The number of aromatic nitrogens is 2. The third kappa shape index (κ3) is 2.14. The highest BCUT2D eigenvalue weighted by atomic mass is 15.1. The Balaban J connectivity index is 1.92. The summed E-state index contributed by atoms with van der Waals surface area (Å²) in [5, 5.41) is 0. The maximum Gasteiger partial charge on any atom is 0.106 e. The molecule has 1 heterocycles. The van der Waals surface area contributed by atoms with Gasteiger partial charge in [0.05, 0.1) is 5.69 Å². The Hall–Kier alpha value is -0.790. The zero-order valence-electron chi connectivity index (χ0n) is 11.0. The maximum atomic E-state index is 4.82. The van der Waals surface area contributed by atoms with Gasteiger partial charge in [0, 0.05) is 11.7 Å². The molecule has 1 saturated carbocycles. The van der Waals surface area contributed by atoms with Crippen LogP contribution in [0.5, 0.6) is 0 Å². The lowest BCUT2D eigenvalue weighted by molar-refractivity contribution is 0.418. The molecular formula is C15H24N2. The first kappa shape index (κ1) is 11.3. The van der Waals surface area contributed by atoms with Crippen LogP contribution in [0.2, 0.25) is 0 Å². The van der Waals surface area contributed by atoms with E-state index < -0.39 is 0 Å². The van der Waals surface area contributed by atoms with E-state index in [-0.39, 0.29) is 0 Å². The van der Waals surface area contributed by atoms with Crippen LogP contribution in [0, 0.1) is 6.92 Å². The normalized spacial score (nSPS) is 22.2. The molecule has 2 heteroatoms. The Labute approximate surface area is 104 Å². The molecule has 0 N–H and O–H groups in total. The smallest absolute Gasteiger partial charge is 0.106 e. The highest BCUT2D eigenvalue weighted by Crippen LogP contribution is 2.32. The van der Waals surface area contributed by atoms with Gasteiger partial charge in [-0.05, 0) is 45.4 Å². The Morgan fingerprint density at radius 3 is 2.41 bits per heavy atom. The summed E-state index contributed by atoms with van der Waals surface area (Å²) in [5.41, 5.74) is 3.00. The number of fused-ring (bicyclic) bond motifs is 1. The van der Waals surface area contributed by atoms with Gasteiger partial charge in [0.1, 0.15) is 5.82 Å². The fourth-order valence-electron chi connectivity index (χ4n) is 3.70. The highest BCUT2D eigenvalue weighted by molar-refractivity contribution is 5.21. The number of hydrogen-bond donors (Lipinski definition) is 0. The minimum atomic E-state index is 0.756. The van der Waals surface area contributed by atoms with E-state index in [1.165, 1.54) is 75.7 Å². The molecule has 0 saturated heterocycles. The van der Waals surface area contributed by atoms with Crippen LogP contribution < -0.4 is 0 Å². The molecule has 2 nitrogen and oxygen atoms in total. The molecule has 0 amide bonds. The largest absolute Gasteiger partial charge is 0.329 e. The lowest BCUT2D eigenvalue weighted by atomic mass is 10.00. The first-order valence-corrected chi connectivity index (χ1v) is 7.43. The van der Waals surface area contributed by atoms with E-state index in [0.29, 0.717) is 0 Å². The minimum absolute atomic E-state index is 0.756.